The number of hydrogen-bond acceptors (Lipinski definition) is 6. The van der Waals surface area contributed by atoms with Gasteiger partial charge in [-0.1, -0.05) is 25.7 Å². The minimum absolute atomic E-state index is 0.148. The average Bonchev–Trinajstić information content (AvgIpc) is 2.96. The van der Waals surface area contributed by atoms with Crippen LogP contribution in [-0.2, 0) is 11.3 Å². The van der Waals surface area contributed by atoms with Gasteiger partial charge >= 0.3 is 0 Å². The van der Waals surface area contributed by atoms with E-state index in [2.05, 4.69) is 15.6 Å². The van der Waals surface area contributed by atoms with Crippen molar-refractivity contribution in [2.75, 3.05) is 12.4 Å². The molecule has 3 aromatic rings. The molecule has 0 saturated heterocycles. The molecular formula is C24H28N4O4S. The van der Waals surface area contributed by atoms with Crippen molar-refractivity contribution in [3.63, 3.8) is 0 Å². The fraction of sp³-hybridized carbons (Fsp3) is 0.417. The van der Waals surface area contributed by atoms with Gasteiger partial charge in [0.05, 0.1) is 23.7 Å². The van der Waals surface area contributed by atoms with Gasteiger partial charge in [-0.15, -0.1) is 11.3 Å². The summed E-state index contributed by atoms with van der Waals surface area (Å²) >= 11 is 1.22. The van der Waals surface area contributed by atoms with Crippen LogP contribution >= 0.6 is 11.3 Å². The van der Waals surface area contributed by atoms with Gasteiger partial charge in [0.25, 0.3) is 11.5 Å². The van der Waals surface area contributed by atoms with Crippen LogP contribution in [0, 0.1) is 6.92 Å². The molecule has 0 unspecified atom stereocenters. The number of benzene rings is 1. The van der Waals surface area contributed by atoms with Crippen molar-refractivity contribution in [1.29, 1.82) is 0 Å². The quantitative estimate of drug-likeness (QED) is 0.535. The van der Waals surface area contributed by atoms with Crippen LogP contribution in [0.15, 0.2) is 35.4 Å². The largest absolute Gasteiger partial charge is 0.497 e. The summed E-state index contributed by atoms with van der Waals surface area (Å²) in [5.41, 5.74) is 0.891. The topological polar surface area (TPSA) is 102 Å². The number of anilines is 1. The van der Waals surface area contributed by atoms with E-state index in [1.165, 1.54) is 35.1 Å². The Morgan fingerprint density at radius 3 is 2.52 bits per heavy atom. The molecule has 0 bridgehead atoms. The lowest BCUT2D eigenvalue weighted by Crippen LogP contribution is -2.34. The lowest BCUT2D eigenvalue weighted by molar-refractivity contribution is -0.116. The zero-order chi connectivity index (χ0) is 23.4. The van der Waals surface area contributed by atoms with Crippen molar-refractivity contribution < 1.29 is 14.3 Å². The van der Waals surface area contributed by atoms with Crippen LogP contribution in [0.2, 0.25) is 0 Å². The number of carbonyl (C=O) groups is 2. The van der Waals surface area contributed by atoms with E-state index in [0.29, 0.717) is 32.1 Å². The number of nitrogens with zero attached hydrogens (tertiary/aromatic N) is 2. The number of rotatable bonds is 6. The maximum Gasteiger partial charge on any atom is 0.262 e. The maximum absolute atomic E-state index is 13.1. The Kier molecular flexibility index (Phi) is 7.08. The van der Waals surface area contributed by atoms with E-state index < -0.39 is 0 Å². The van der Waals surface area contributed by atoms with Gasteiger partial charge < -0.3 is 15.4 Å². The summed E-state index contributed by atoms with van der Waals surface area (Å²) in [7, 11) is 1.57. The molecule has 1 fully saturated rings. The van der Waals surface area contributed by atoms with Crippen LogP contribution in [0.5, 0.6) is 5.75 Å². The second kappa shape index (κ2) is 10.2. The lowest BCUT2D eigenvalue weighted by Gasteiger charge is -2.15. The van der Waals surface area contributed by atoms with Gasteiger partial charge in [-0.25, -0.2) is 4.98 Å². The van der Waals surface area contributed by atoms with Gasteiger partial charge in [-0.3, -0.25) is 19.0 Å². The van der Waals surface area contributed by atoms with Gasteiger partial charge in [0.2, 0.25) is 5.91 Å². The molecule has 1 aliphatic rings. The standard InChI is InChI=1S/C24H28N4O4S/c1-15-20-23(33-21(15)22(30)27-16-7-5-3-4-6-8-16)25-14-28(24(20)31)13-19(29)26-17-9-11-18(32-2)12-10-17/h9-12,14,16H,3-8,13H2,1-2H3,(H,26,29)(H,27,30). The molecule has 4 rings (SSSR count). The Bertz CT molecular complexity index is 1210. The first-order chi connectivity index (χ1) is 16.0. The number of methoxy groups -OCH3 is 1. The molecule has 9 heteroatoms. The van der Waals surface area contributed by atoms with E-state index in [4.69, 9.17) is 4.74 Å². The highest BCUT2D eigenvalue weighted by Gasteiger charge is 2.22. The third kappa shape index (κ3) is 5.24. The van der Waals surface area contributed by atoms with Crippen molar-refractivity contribution in [3.05, 3.63) is 51.4 Å². The van der Waals surface area contributed by atoms with Gasteiger partial charge in [-0.05, 0) is 49.6 Å². The minimum atomic E-state index is -0.345. The number of aromatic nitrogens is 2. The van der Waals surface area contributed by atoms with E-state index in [1.807, 2.05) is 0 Å². The van der Waals surface area contributed by atoms with E-state index >= 15 is 0 Å². The number of hydrogen-bond donors (Lipinski definition) is 2. The van der Waals surface area contributed by atoms with Crippen LogP contribution in [0.4, 0.5) is 5.69 Å². The summed E-state index contributed by atoms with van der Waals surface area (Å²) in [6.45, 7) is 1.60. The molecule has 1 aromatic carbocycles. The number of amides is 2. The van der Waals surface area contributed by atoms with Crippen LogP contribution in [0.1, 0.15) is 53.8 Å². The number of aryl methyl sites for hydroxylation is 1. The van der Waals surface area contributed by atoms with Gasteiger partial charge in [0, 0.05) is 11.7 Å². The Hall–Kier alpha value is -3.20. The van der Waals surface area contributed by atoms with Crippen molar-refractivity contribution in [1.82, 2.24) is 14.9 Å². The van der Waals surface area contributed by atoms with Crippen molar-refractivity contribution in [2.45, 2.75) is 58.0 Å². The first-order valence-corrected chi connectivity index (χ1v) is 12.0. The van der Waals surface area contributed by atoms with Crippen molar-refractivity contribution in [2.24, 2.45) is 0 Å². The maximum atomic E-state index is 13.1. The second-order valence-corrected chi connectivity index (χ2v) is 9.35. The molecule has 0 atom stereocenters. The van der Waals surface area contributed by atoms with E-state index in [9.17, 15) is 14.4 Å². The summed E-state index contributed by atoms with van der Waals surface area (Å²) in [5, 5.41) is 6.30. The minimum Gasteiger partial charge on any atom is -0.497 e. The Morgan fingerprint density at radius 1 is 1.15 bits per heavy atom. The van der Waals surface area contributed by atoms with Crippen LogP contribution in [0.3, 0.4) is 0 Å². The SMILES string of the molecule is COc1ccc(NC(=O)Cn2cnc3sc(C(=O)NC4CCCCCC4)c(C)c3c2=O)cc1. The molecule has 33 heavy (non-hydrogen) atoms. The third-order valence-electron chi connectivity index (χ3n) is 6.00. The molecule has 174 valence electrons. The van der Waals surface area contributed by atoms with Crippen LogP contribution < -0.4 is 20.9 Å². The first kappa shape index (κ1) is 23.0. The Labute approximate surface area is 196 Å². The third-order valence-corrected chi connectivity index (χ3v) is 7.20. The summed E-state index contributed by atoms with van der Waals surface area (Å²) in [5.74, 6) is 0.193. The van der Waals surface area contributed by atoms with Crippen LogP contribution in [-0.4, -0.2) is 34.5 Å². The normalized spacial score (nSPS) is 14.6. The van der Waals surface area contributed by atoms with E-state index in [1.54, 1.807) is 38.3 Å². The predicted octanol–water partition coefficient (Wildman–Crippen LogP) is 3.87. The number of ether oxygens (including phenoxy) is 1. The monoisotopic (exact) mass is 468 g/mol. The number of thiophene rings is 1. The van der Waals surface area contributed by atoms with Crippen molar-refractivity contribution >= 4 is 39.1 Å². The second-order valence-electron chi connectivity index (χ2n) is 8.35. The molecule has 1 saturated carbocycles. The molecule has 2 aromatic heterocycles. The highest BCUT2D eigenvalue weighted by molar-refractivity contribution is 7.20. The Balaban J connectivity index is 1.50. The first-order valence-electron chi connectivity index (χ1n) is 11.2. The van der Waals surface area contributed by atoms with Gasteiger partial charge in [-0.2, -0.15) is 0 Å². The molecule has 8 nitrogen and oxygen atoms in total. The number of fused-ring (bicyclic) bond motifs is 1. The van der Waals surface area contributed by atoms with Gasteiger partial charge in [0.1, 0.15) is 17.1 Å². The number of nitrogens with one attached hydrogen (secondary N) is 2. The predicted molar refractivity (Wildman–Crippen MR) is 129 cm³/mol. The molecule has 0 spiro atoms. The molecule has 0 radical (unpaired) electrons. The lowest BCUT2D eigenvalue weighted by atomic mass is 10.1. The molecule has 1 aliphatic carbocycles. The molecule has 0 aliphatic heterocycles. The highest BCUT2D eigenvalue weighted by Crippen LogP contribution is 2.27. The van der Waals surface area contributed by atoms with E-state index in [0.717, 1.165) is 25.7 Å². The summed E-state index contributed by atoms with van der Waals surface area (Å²) in [4.78, 5) is 43.9. The average molecular weight is 469 g/mol. The zero-order valence-electron chi connectivity index (χ0n) is 18.8. The summed E-state index contributed by atoms with van der Waals surface area (Å²) in [6.07, 6.45) is 8.02. The molecule has 2 amide bonds. The smallest absolute Gasteiger partial charge is 0.262 e. The molecule has 2 N–H and O–H groups in total. The summed E-state index contributed by atoms with van der Waals surface area (Å²) in [6, 6.07) is 7.11. The van der Waals surface area contributed by atoms with E-state index in [-0.39, 0.29) is 30.0 Å². The van der Waals surface area contributed by atoms with Crippen molar-refractivity contribution in [3.8, 4) is 5.75 Å². The number of carbonyl (C=O) groups excluding carboxylic acids is 2. The summed E-state index contributed by atoms with van der Waals surface area (Å²) < 4.78 is 6.38. The van der Waals surface area contributed by atoms with Crippen LogP contribution in [0.25, 0.3) is 10.2 Å². The Morgan fingerprint density at radius 2 is 1.85 bits per heavy atom. The molecule has 2 heterocycles. The zero-order valence-corrected chi connectivity index (χ0v) is 19.7. The fourth-order valence-electron chi connectivity index (χ4n) is 4.19. The highest BCUT2D eigenvalue weighted by atomic mass is 32.1. The fourth-order valence-corrected chi connectivity index (χ4v) is 5.24. The van der Waals surface area contributed by atoms with Gasteiger partial charge in [0.15, 0.2) is 0 Å². The molecular weight excluding hydrogens is 440 g/mol.